The lowest BCUT2D eigenvalue weighted by atomic mass is 9.81. The van der Waals surface area contributed by atoms with Crippen LogP contribution in [0.15, 0.2) is 0 Å². The van der Waals surface area contributed by atoms with Crippen molar-refractivity contribution in [3.8, 4) is 0 Å². The van der Waals surface area contributed by atoms with Crippen LogP contribution in [0, 0.1) is 23.7 Å². The van der Waals surface area contributed by atoms with Crippen molar-refractivity contribution in [2.75, 3.05) is 13.1 Å². The summed E-state index contributed by atoms with van der Waals surface area (Å²) in [4.78, 5) is 0. The molecule has 0 spiro atoms. The van der Waals surface area contributed by atoms with Crippen molar-refractivity contribution in [1.82, 2.24) is 0 Å². The van der Waals surface area contributed by atoms with Crippen LogP contribution in [0.4, 0.5) is 0 Å². The normalized spacial score (nSPS) is 18.7. The summed E-state index contributed by atoms with van der Waals surface area (Å²) < 4.78 is 0. The number of hydrogen-bond donors (Lipinski definition) is 2. The van der Waals surface area contributed by atoms with E-state index >= 15 is 0 Å². The molecule has 2 heteroatoms. The van der Waals surface area contributed by atoms with Crippen molar-refractivity contribution >= 4 is 0 Å². The van der Waals surface area contributed by atoms with Crippen molar-refractivity contribution < 1.29 is 0 Å². The van der Waals surface area contributed by atoms with Crippen molar-refractivity contribution in [1.29, 1.82) is 0 Å². The summed E-state index contributed by atoms with van der Waals surface area (Å²) in [5.41, 5.74) is 11.4. The quantitative estimate of drug-likeness (QED) is 0.617. The molecule has 0 rings (SSSR count). The number of hydrogen-bond acceptors (Lipinski definition) is 2. The fourth-order valence-electron chi connectivity index (χ4n) is 2.66. The molecule has 0 aromatic heterocycles. The first-order valence-corrected chi connectivity index (χ1v) is 7.47. The first-order valence-electron chi connectivity index (χ1n) is 7.47. The second-order valence-corrected chi connectivity index (χ2v) is 5.94. The Morgan fingerprint density at radius 1 is 0.706 bits per heavy atom. The molecule has 0 radical (unpaired) electrons. The zero-order valence-corrected chi connectivity index (χ0v) is 12.4. The zero-order valence-electron chi connectivity index (χ0n) is 12.4. The summed E-state index contributed by atoms with van der Waals surface area (Å²) in [6, 6.07) is 0. The molecule has 4 N–H and O–H groups in total. The Balaban J connectivity index is 4.11. The van der Waals surface area contributed by atoms with Crippen LogP contribution in [0.5, 0.6) is 0 Å². The van der Waals surface area contributed by atoms with E-state index in [4.69, 9.17) is 11.5 Å². The van der Waals surface area contributed by atoms with E-state index in [1.54, 1.807) is 0 Å². The van der Waals surface area contributed by atoms with E-state index in [1.165, 1.54) is 32.1 Å². The van der Waals surface area contributed by atoms with Crippen LogP contribution < -0.4 is 11.5 Å². The van der Waals surface area contributed by atoms with Crippen LogP contribution in [-0.2, 0) is 0 Å². The van der Waals surface area contributed by atoms with E-state index in [0.29, 0.717) is 11.8 Å². The fourth-order valence-corrected chi connectivity index (χ4v) is 2.66. The Hall–Kier alpha value is -0.0800. The van der Waals surface area contributed by atoms with Crippen LogP contribution in [-0.4, -0.2) is 13.1 Å². The van der Waals surface area contributed by atoms with Crippen LogP contribution in [0.3, 0.4) is 0 Å². The van der Waals surface area contributed by atoms with E-state index in [2.05, 4.69) is 27.7 Å². The van der Waals surface area contributed by atoms with Gasteiger partial charge in [-0.1, -0.05) is 40.5 Å². The number of nitrogens with two attached hydrogens (primary N) is 2. The third-order valence-electron chi connectivity index (χ3n) is 4.10. The smallest absolute Gasteiger partial charge is 0.00514 e. The molecule has 4 unspecified atom stereocenters. The predicted molar refractivity (Wildman–Crippen MR) is 77.8 cm³/mol. The lowest BCUT2D eigenvalue weighted by molar-refractivity contribution is 0.270. The summed E-state index contributed by atoms with van der Waals surface area (Å²) in [6.45, 7) is 10.8. The van der Waals surface area contributed by atoms with Crippen LogP contribution in [0.25, 0.3) is 0 Å². The lowest BCUT2D eigenvalue weighted by Gasteiger charge is -2.25. The van der Waals surface area contributed by atoms with Crippen LogP contribution >= 0.6 is 0 Å². The number of rotatable bonds is 10. The molecule has 0 aliphatic rings. The molecule has 4 atom stereocenters. The van der Waals surface area contributed by atoms with Gasteiger partial charge < -0.3 is 11.5 Å². The highest BCUT2D eigenvalue weighted by atomic mass is 14.5. The average Bonchev–Trinajstić information content (AvgIpc) is 2.36. The summed E-state index contributed by atoms with van der Waals surface area (Å²) in [7, 11) is 0. The maximum absolute atomic E-state index is 5.72. The molecule has 0 saturated carbocycles. The first kappa shape index (κ1) is 16.9. The monoisotopic (exact) mass is 242 g/mol. The van der Waals surface area contributed by atoms with E-state index < -0.39 is 0 Å². The Morgan fingerprint density at radius 2 is 1.06 bits per heavy atom. The topological polar surface area (TPSA) is 52.0 Å². The molecule has 2 nitrogen and oxygen atoms in total. The third kappa shape index (κ3) is 7.77. The van der Waals surface area contributed by atoms with Crippen molar-refractivity contribution in [2.45, 2.75) is 59.8 Å². The van der Waals surface area contributed by atoms with E-state index in [0.717, 1.165) is 24.9 Å². The molecular formula is C15H34N2. The van der Waals surface area contributed by atoms with Gasteiger partial charge in [-0.25, -0.2) is 0 Å². The first-order chi connectivity index (χ1) is 8.07. The largest absolute Gasteiger partial charge is 0.330 e. The van der Waals surface area contributed by atoms with Crippen LogP contribution in [0.2, 0.25) is 0 Å². The van der Waals surface area contributed by atoms with E-state index in [9.17, 15) is 0 Å². The molecule has 0 aliphatic carbocycles. The summed E-state index contributed by atoms with van der Waals surface area (Å²) in [6.07, 6.45) is 6.53. The molecule has 0 amide bonds. The minimum Gasteiger partial charge on any atom is -0.330 e. The minimum atomic E-state index is 0.671. The summed E-state index contributed by atoms with van der Waals surface area (Å²) in [5, 5.41) is 0. The maximum atomic E-state index is 5.72. The van der Waals surface area contributed by atoms with Gasteiger partial charge in [-0.3, -0.25) is 0 Å². The van der Waals surface area contributed by atoms with E-state index in [-0.39, 0.29) is 0 Å². The van der Waals surface area contributed by atoms with Gasteiger partial charge in [0, 0.05) is 0 Å². The van der Waals surface area contributed by atoms with Gasteiger partial charge in [0.1, 0.15) is 0 Å². The van der Waals surface area contributed by atoms with Crippen molar-refractivity contribution in [2.24, 2.45) is 35.1 Å². The standard InChI is InChI=1S/C15H34N2/c1-5-14(7-12(3)10-16)9-15(6-2)8-13(4)11-17/h12-15H,5-11,16-17H2,1-4H3. The van der Waals surface area contributed by atoms with Crippen molar-refractivity contribution in [3.63, 3.8) is 0 Å². The van der Waals surface area contributed by atoms with Gasteiger partial charge in [0.25, 0.3) is 0 Å². The second kappa shape index (κ2) is 9.90. The molecule has 0 saturated heterocycles. The summed E-state index contributed by atoms with van der Waals surface area (Å²) in [5.74, 6) is 3.04. The molecule has 0 aliphatic heterocycles. The Morgan fingerprint density at radius 3 is 1.29 bits per heavy atom. The zero-order chi connectivity index (χ0) is 13.3. The maximum Gasteiger partial charge on any atom is -0.00514 e. The predicted octanol–water partition coefficient (Wildman–Crippen LogP) is 3.40. The lowest BCUT2D eigenvalue weighted by Crippen LogP contribution is -2.19. The highest BCUT2D eigenvalue weighted by molar-refractivity contribution is 4.70. The fraction of sp³-hybridized carbons (Fsp3) is 1.00. The molecular weight excluding hydrogens is 208 g/mol. The van der Waals surface area contributed by atoms with Gasteiger partial charge in [-0.15, -0.1) is 0 Å². The summed E-state index contributed by atoms with van der Waals surface area (Å²) >= 11 is 0. The van der Waals surface area contributed by atoms with Gasteiger partial charge in [0.2, 0.25) is 0 Å². The highest BCUT2D eigenvalue weighted by Crippen LogP contribution is 2.28. The van der Waals surface area contributed by atoms with Gasteiger partial charge in [-0.05, 0) is 56.0 Å². The van der Waals surface area contributed by atoms with Crippen LogP contribution in [0.1, 0.15) is 59.8 Å². The van der Waals surface area contributed by atoms with E-state index in [1.807, 2.05) is 0 Å². The Labute approximate surface area is 109 Å². The highest BCUT2D eigenvalue weighted by Gasteiger charge is 2.17. The second-order valence-electron chi connectivity index (χ2n) is 5.94. The molecule has 0 fully saturated rings. The van der Waals surface area contributed by atoms with Crippen molar-refractivity contribution in [3.05, 3.63) is 0 Å². The Kier molecular flexibility index (Phi) is 9.85. The molecule has 0 heterocycles. The molecule has 17 heavy (non-hydrogen) atoms. The SMILES string of the molecule is CCC(CC(C)CN)CC(CC)CC(C)CN. The minimum absolute atomic E-state index is 0.671. The molecule has 0 aromatic carbocycles. The van der Waals surface area contributed by atoms with Gasteiger partial charge in [-0.2, -0.15) is 0 Å². The van der Waals surface area contributed by atoms with Gasteiger partial charge in [0.05, 0.1) is 0 Å². The molecule has 104 valence electrons. The molecule has 0 bridgehead atoms. The van der Waals surface area contributed by atoms with Gasteiger partial charge >= 0.3 is 0 Å². The molecule has 0 aromatic rings. The Bertz CT molecular complexity index is 152. The average molecular weight is 242 g/mol. The van der Waals surface area contributed by atoms with Gasteiger partial charge in [0.15, 0.2) is 0 Å². The third-order valence-corrected chi connectivity index (χ3v) is 4.10.